The Bertz CT molecular complexity index is 1200. The molecule has 0 bridgehead atoms. The van der Waals surface area contributed by atoms with Crippen molar-refractivity contribution in [2.75, 3.05) is 20.2 Å². The first kappa shape index (κ1) is 20.5. The van der Waals surface area contributed by atoms with Gasteiger partial charge in [-0.15, -0.1) is 0 Å². The summed E-state index contributed by atoms with van der Waals surface area (Å²) in [5, 5.41) is 1.25. The molecule has 0 unspecified atom stereocenters. The average Bonchev–Trinajstić information content (AvgIpc) is 3.48. The number of esters is 1. The number of rotatable bonds is 6. The van der Waals surface area contributed by atoms with E-state index in [1.807, 2.05) is 30.5 Å². The van der Waals surface area contributed by atoms with Crippen LogP contribution in [0.1, 0.15) is 45.8 Å². The van der Waals surface area contributed by atoms with Crippen molar-refractivity contribution in [3.8, 4) is 0 Å². The summed E-state index contributed by atoms with van der Waals surface area (Å²) in [5.41, 5.74) is 5.32. The lowest BCUT2D eigenvalue weighted by Crippen LogP contribution is -2.32. The number of piperidine rings is 1. The monoisotopic (exact) mass is 429 g/mol. The molecule has 0 atom stereocenters. The third-order valence-corrected chi connectivity index (χ3v) is 6.38. The Kier molecular flexibility index (Phi) is 5.77. The van der Waals surface area contributed by atoms with E-state index in [0.29, 0.717) is 11.5 Å². The second-order valence-electron chi connectivity index (χ2n) is 8.46. The van der Waals surface area contributed by atoms with Gasteiger partial charge in [-0.1, -0.05) is 12.1 Å². The number of ether oxygens (including phenoxy) is 1. The predicted octanol–water partition coefficient (Wildman–Crippen LogP) is 4.84. The lowest BCUT2D eigenvalue weighted by molar-refractivity contribution is 0.0600. The van der Waals surface area contributed by atoms with Crippen LogP contribution in [0.2, 0.25) is 0 Å². The Labute approximate surface area is 187 Å². The average molecular weight is 430 g/mol. The number of aromatic nitrogens is 2. The molecule has 1 aliphatic rings. The molecule has 0 saturated carbocycles. The van der Waals surface area contributed by atoms with Crippen LogP contribution < -0.4 is 0 Å². The molecular formula is C26H27N3O3. The lowest BCUT2D eigenvalue weighted by Gasteiger charge is -2.32. The van der Waals surface area contributed by atoms with E-state index in [1.165, 1.54) is 18.1 Å². The maximum atomic E-state index is 11.8. The van der Waals surface area contributed by atoms with Gasteiger partial charge in [0.25, 0.3) is 0 Å². The molecule has 4 heterocycles. The fraction of sp³-hybridized carbons (Fsp3) is 0.308. The molecule has 6 nitrogen and oxygen atoms in total. The number of fused-ring (bicyclic) bond motifs is 1. The van der Waals surface area contributed by atoms with E-state index in [-0.39, 0.29) is 5.97 Å². The van der Waals surface area contributed by atoms with Gasteiger partial charge in [-0.25, -0.2) is 9.78 Å². The van der Waals surface area contributed by atoms with Gasteiger partial charge < -0.3 is 13.7 Å². The van der Waals surface area contributed by atoms with Gasteiger partial charge >= 0.3 is 5.97 Å². The number of benzene rings is 1. The van der Waals surface area contributed by atoms with Crippen molar-refractivity contribution >= 4 is 17.0 Å². The van der Waals surface area contributed by atoms with Crippen molar-refractivity contribution in [1.82, 2.24) is 14.5 Å². The SMILES string of the molecule is COC(=O)c1cccc(CN2CCC(c3cn(Cc4ccoc4)c4ncccc34)CC2)c1. The van der Waals surface area contributed by atoms with Crippen LogP contribution in [0.3, 0.4) is 0 Å². The highest BCUT2D eigenvalue weighted by Crippen LogP contribution is 2.34. The van der Waals surface area contributed by atoms with E-state index in [0.717, 1.165) is 55.8 Å². The number of nitrogens with zero attached hydrogens (tertiary/aromatic N) is 3. The number of methoxy groups -OCH3 is 1. The van der Waals surface area contributed by atoms with E-state index in [2.05, 4.69) is 32.8 Å². The lowest BCUT2D eigenvalue weighted by atomic mass is 9.89. The van der Waals surface area contributed by atoms with Crippen molar-refractivity contribution in [3.63, 3.8) is 0 Å². The molecule has 5 rings (SSSR count). The van der Waals surface area contributed by atoms with E-state index >= 15 is 0 Å². The first-order valence-electron chi connectivity index (χ1n) is 11.1. The van der Waals surface area contributed by atoms with Crippen molar-refractivity contribution in [1.29, 1.82) is 0 Å². The number of furan rings is 1. The number of hydrogen-bond acceptors (Lipinski definition) is 5. The molecule has 0 N–H and O–H groups in total. The molecule has 164 valence electrons. The van der Waals surface area contributed by atoms with Gasteiger partial charge in [-0.05, 0) is 73.3 Å². The van der Waals surface area contributed by atoms with Crippen molar-refractivity contribution in [3.05, 3.63) is 89.6 Å². The zero-order valence-electron chi connectivity index (χ0n) is 18.2. The Morgan fingerprint density at radius 2 is 2.00 bits per heavy atom. The molecule has 32 heavy (non-hydrogen) atoms. The fourth-order valence-electron chi connectivity index (χ4n) is 4.75. The molecule has 1 aliphatic heterocycles. The van der Waals surface area contributed by atoms with E-state index in [4.69, 9.17) is 9.15 Å². The molecule has 1 saturated heterocycles. The molecule has 4 aromatic rings. The molecule has 1 fully saturated rings. The van der Waals surface area contributed by atoms with Crippen molar-refractivity contribution in [2.45, 2.75) is 31.8 Å². The molecule has 0 aliphatic carbocycles. The van der Waals surface area contributed by atoms with E-state index in [9.17, 15) is 4.79 Å². The van der Waals surface area contributed by atoms with Crippen LogP contribution in [0.15, 0.2) is 71.8 Å². The summed E-state index contributed by atoms with van der Waals surface area (Å²) in [4.78, 5) is 18.9. The summed E-state index contributed by atoms with van der Waals surface area (Å²) in [6.45, 7) is 3.67. The van der Waals surface area contributed by atoms with Crippen LogP contribution >= 0.6 is 0 Å². The van der Waals surface area contributed by atoms with Gasteiger partial charge in [-0.3, -0.25) is 4.90 Å². The first-order chi connectivity index (χ1) is 15.7. The number of hydrogen-bond donors (Lipinski definition) is 0. The van der Waals surface area contributed by atoms with Gasteiger partial charge in [0, 0.05) is 29.9 Å². The number of pyridine rings is 1. The normalized spacial score (nSPS) is 15.3. The molecule has 0 spiro atoms. The molecule has 3 aromatic heterocycles. The Hall–Kier alpha value is -3.38. The zero-order chi connectivity index (χ0) is 21.9. The Balaban J connectivity index is 1.29. The number of likely N-dealkylation sites (tertiary alicyclic amines) is 1. The van der Waals surface area contributed by atoms with Gasteiger partial charge in [0.1, 0.15) is 5.65 Å². The van der Waals surface area contributed by atoms with Gasteiger partial charge in [0.05, 0.1) is 31.7 Å². The second-order valence-corrected chi connectivity index (χ2v) is 8.46. The minimum absolute atomic E-state index is 0.286. The Morgan fingerprint density at radius 3 is 2.78 bits per heavy atom. The predicted molar refractivity (Wildman–Crippen MR) is 123 cm³/mol. The van der Waals surface area contributed by atoms with Gasteiger partial charge in [-0.2, -0.15) is 0 Å². The molecule has 6 heteroatoms. The van der Waals surface area contributed by atoms with E-state index in [1.54, 1.807) is 18.6 Å². The van der Waals surface area contributed by atoms with Crippen molar-refractivity contribution < 1.29 is 13.9 Å². The van der Waals surface area contributed by atoms with E-state index < -0.39 is 0 Å². The maximum Gasteiger partial charge on any atom is 0.337 e. The molecule has 0 amide bonds. The minimum atomic E-state index is -0.286. The van der Waals surface area contributed by atoms with Crippen LogP contribution in [0.5, 0.6) is 0 Å². The van der Waals surface area contributed by atoms with Crippen LogP contribution in [-0.2, 0) is 17.8 Å². The maximum absolute atomic E-state index is 11.8. The summed E-state index contributed by atoms with van der Waals surface area (Å²) in [6.07, 6.45) is 9.87. The highest BCUT2D eigenvalue weighted by molar-refractivity contribution is 5.89. The third kappa shape index (κ3) is 4.18. The van der Waals surface area contributed by atoms with Crippen LogP contribution in [-0.4, -0.2) is 40.6 Å². The Morgan fingerprint density at radius 1 is 1.12 bits per heavy atom. The van der Waals surface area contributed by atoms with Gasteiger partial charge in [0.15, 0.2) is 0 Å². The van der Waals surface area contributed by atoms with Crippen LogP contribution in [0.25, 0.3) is 11.0 Å². The third-order valence-electron chi connectivity index (χ3n) is 6.38. The second kappa shape index (κ2) is 9.01. The largest absolute Gasteiger partial charge is 0.472 e. The molecule has 1 aromatic carbocycles. The quantitative estimate of drug-likeness (QED) is 0.410. The number of carbonyl (C=O) groups is 1. The van der Waals surface area contributed by atoms with Crippen LogP contribution in [0.4, 0.5) is 0 Å². The number of carbonyl (C=O) groups excluding carboxylic acids is 1. The highest BCUT2D eigenvalue weighted by Gasteiger charge is 2.24. The summed E-state index contributed by atoms with van der Waals surface area (Å²) in [7, 11) is 1.42. The van der Waals surface area contributed by atoms with Crippen LogP contribution in [0, 0.1) is 0 Å². The fourth-order valence-corrected chi connectivity index (χ4v) is 4.75. The summed E-state index contributed by atoms with van der Waals surface area (Å²) in [6, 6.07) is 14.0. The summed E-state index contributed by atoms with van der Waals surface area (Å²) < 4.78 is 12.3. The minimum Gasteiger partial charge on any atom is -0.472 e. The molecular weight excluding hydrogens is 402 g/mol. The summed E-state index contributed by atoms with van der Waals surface area (Å²) >= 11 is 0. The van der Waals surface area contributed by atoms with Crippen molar-refractivity contribution in [2.24, 2.45) is 0 Å². The standard InChI is InChI=1S/C26H27N3O3/c1-31-26(30)22-5-2-4-19(14-22)15-28-11-7-21(8-12-28)24-17-29(16-20-9-13-32-18-20)25-23(24)6-3-10-27-25/h2-6,9-10,13-14,17-18,21H,7-8,11-12,15-16H2,1H3. The smallest absolute Gasteiger partial charge is 0.337 e. The highest BCUT2D eigenvalue weighted by atomic mass is 16.5. The first-order valence-corrected chi connectivity index (χ1v) is 11.1. The van der Waals surface area contributed by atoms with Gasteiger partial charge in [0.2, 0.25) is 0 Å². The summed E-state index contributed by atoms with van der Waals surface area (Å²) in [5.74, 6) is 0.232. The zero-order valence-corrected chi connectivity index (χ0v) is 18.2. The molecule has 0 radical (unpaired) electrons. The topological polar surface area (TPSA) is 60.5 Å².